The molecule has 0 aliphatic heterocycles. The molecule has 0 radical (unpaired) electrons. The molecule has 8 nitrogen and oxygen atoms in total. The Kier molecular flexibility index (Phi) is 7.26. The van der Waals surface area contributed by atoms with Crippen molar-refractivity contribution in [3.05, 3.63) is 6.20 Å². The van der Waals surface area contributed by atoms with E-state index in [9.17, 15) is 4.79 Å². The average molecular weight is 352 g/mol. The molecule has 1 amide bonds. The Morgan fingerprint density at radius 1 is 1.33 bits per heavy atom. The molecule has 132 valence electrons. The van der Waals surface area contributed by atoms with Crippen molar-refractivity contribution in [3.63, 3.8) is 0 Å². The largest absolute Gasteiger partial charge is 0.372 e. The van der Waals surface area contributed by atoms with Crippen LogP contribution in [0.15, 0.2) is 11.4 Å². The molecule has 2 aromatic rings. The summed E-state index contributed by atoms with van der Waals surface area (Å²) in [5.74, 6) is 0.677. The van der Waals surface area contributed by atoms with Gasteiger partial charge >= 0.3 is 0 Å². The number of hydrogen-bond acceptors (Lipinski definition) is 7. The van der Waals surface area contributed by atoms with E-state index in [1.54, 1.807) is 10.9 Å². The van der Waals surface area contributed by atoms with Gasteiger partial charge in [-0.05, 0) is 19.6 Å². The molecule has 0 aromatic carbocycles. The topological polar surface area (TPSA) is 94.0 Å². The van der Waals surface area contributed by atoms with Crippen LogP contribution in [0, 0.1) is 0 Å². The first-order valence-electron chi connectivity index (χ1n) is 8.05. The van der Waals surface area contributed by atoms with Crippen molar-refractivity contribution in [1.29, 1.82) is 0 Å². The Balaban J connectivity index is 2.09. The number of nitrogens with zero attached hydrogens (tertiary/aromatic N) is 4. The lowest BCUT2D eigenvalue weighted by Crippen LogP contribution is -2.30. The van der Waals surface area contributed by atoms with Crippen molar-refractivity contribution in [2.45, 2.75) is 32.0 Å². The van der Waals surface area contributed by atoms with E-state index in [0.29, 0.717) is 24.9 Å². The van der Waals surface area contributed by atoms with Crippen molar-refractivity contribution < 1.29 is 9.53 Å². The molecule has 0 bridgehead atoms. The minimum Gasteiger partial charge on any atom is -0.372 e. The van der Waals surface area contributed by atoms with E-state index in [1.807, 2.05) is 13.2 Å². The van der Waals surface area contributed by atoms with Crippen molar-refractivity contribution >= 4 is 34.5 Å². The molecular formula is C15H24N6O2S. The van der Waals surface area contributed by atoms with Gasteiger partial charge in [0.1, 0.15) is 12.4 Å². The van der Waals surface area contributed by atoms with E-state index in [-0.39, 0.29) is 12.5 Å². The maximum atomic E-state index is 11.6. The van der Waals surface area contributed by atoms with Crippen LogP contribution in [0.5, 0.6) is 0 Å². The zero-order valence-electron chi connectivity index (χ0n) is 14.3. The number of nitrogens with one attached hydrogen (secondary N) is 2. The molecule has 2 N–H and O–H groups in total. The molecule has 9 heteroatoms. The second kappa shape index (κ2) is 9.43. The van der Waals surface area contributed by atoms with Gasteiger partial charge in [0, 0.05) is 19.7 Å². The van der Waals surface area contributed by atoms with Gasteiger partial charge < -0.3 is 15.4 Å². The number of thioether (sulfide) groups is 1. The third-order valence-corrected chi connectivity index (χ3v) is 3.83. The van der Waals surface area contributed by atoms with Gasteiger partial charge in [0.2, 0.25) is 5.91 Å². The molecule has 24 heavy (non-hydrogen) atoms. The van der Waals surface area contributed by atoms with Crippen molar-refractivity contribution in [1.82, 2.24) is 25.1 Å². The predicted octanol–water partition coefficient (Wildman–Crippen LogP) is 1.52. The number of amides is 1. The minimum atomic E-state index is -0.127. The number of fused-ring (bicyclic) bond motifs is 1. The van der Waals surface area contributed by atoms with E-state index in [0.717, 1.165) is 29.8 Å². The first kappa shape index (κ1) is 18.5. The molecule has 2 rings (SSSR count). The molecule has 2 heterocycles. The predicted molar refractivity (Wildman–Crippen MR) is 95.4 cm³/mol. The van der Waals surface area contributed by atoms with Crippen LogP contribution < -0.4 is 10.6 Å². The summed E-state index contributed by atoms with van der Waals surface area (Å²) >= 11 is 1.49. The molecule has 0 fully saturated rings. The number of rotatable bonds is 10. The molecular weight excluding hydrogens is 328 g/mol. The van der Waals surface area contributed by atoms with E-state index in [2.05, 4.69) is 32.6 Å². The number of aromatic nitrogens is 4. The van der Waals surface area contributed by atoms with Gasteiger partial charge in [-0.3, -0.25) is 4.79 Å². The van der Waals surface area contributed by atoms with Crippen LogP contribution in [-0.4, -0.2) is 58.2 Å². The lowest BCUT2D eigenvalue weighted by molar-refractivity contribution is -0.125. The summed E-state index contributed by atoms with van der Waals surface area (Å²) in [6.07, 6.45) is 4.72. The van der Waals surface area contributed by atoms with Crippen LogP contribution in [0.4, 0.5) is 5.82 Å². The van der Waals surface area contributed by atoms with E-state index >= 15 is 0 Å². The number of anilines is 1. The summed E-state index contributed by atoms with van der Waals surface area (Å²) in [4.78, 5) is 20.6. The number of carbonyl (C=O) groups is 1. The Morgan fingerprint density at radius 3 is 2.88 bits per heavy atom. The zero-order valence-corrected chi connectivity index (χ0v) is 15.2. The lowest BCUT2D eigenvalue weighted by atomic mass is 10.3. The van der Waals surface area contributed by atoms with Crippen molar-refractivity contribution in [3.8, 4) is 0 Å². The van der Waals surface area contributed by atoms with Gasteiger partial charge in [-0.1, -0.05) is 18.7 Å². The quantitative estimate of drug-likeness (QED) is 0.494. The van der Waals surface area contributed by atoms with Gasteiger partial charge in [-0.25, -0.2) is 14.6 Å². The molecule has 0 unspecified atom stereocenters. The molecule has 0 aliphatic rings. The van der Waals surface area contributed by atoms with Crippen molar-refractivity contribution in [2.75, 3.05) is 37.9 Å². The van der Waals surface area contributed by atoms with Gasteiger partial charge in [0.15, 0.2) is 10.8 Å². The Bertz CT molecular complexity index is 675. The molecule has 0 spiro atoms. The highest BCUT2D eigenvalue weighted by Gasteiger charge is 2.12. The van der Waals surface area contributed by atoms with Crippen LogP contribution >= 0.6 is 11.8 Å². The monoisotopic (exact) mass is 352 g/mol. The third kappa shape index (κ3) is 4.81. The maximum absolute atomic E-state index is 11.6. The third-order valence-electron chi connectivity index (χ3n) is 3.28. The average Bonchev–Trinajstić information content (AvgIpc) is 3.00. The van der Waals surface area contributed by atoms with Crippen LogP contribution in [0.1, 0.15) is 20.3 Å². The minimum absolute atomic E-state index is 0.0836. The van der Waals surface area contributed by atoms with Crippen LogP contribution in [0.25, 0.3) is 11.0 Å². The van der Waals surface area contributed by atoms with Gasteiger partial charge in [-0.15, -0.1) is 0 Å². The first-order valence-corrected chi connectivity index (χ1v) is 9.27. The number of hydrogen-bond donors (Lipinski definition) is 2. The highest BCUT2D eigenvalue weighted by molar-refractivity contribution is 7.98. The number of ether oxygens (including phenoxy) is 1. The fourth-order valence-electron chi connectivity index (χ4n) is 2.12. The smallest absolute Gasteiger partial charge is 0.246 e. The summed E-state index contributed by atoms with van der Waals surface area (Å²) in [7, 11) is 0. The molecule has 0 saturated heterocycles. The Morgan fingerprint density at radius 2 is 2.17 bits per heavy atom. The van der Waals surface area contributed by atoms with Crippen LogP contribution in [0.2, 0.25) is 0 Å². The second-order valence-corrected chi connectivity index (χ2v) is 5.85. The zero-order chi connectivity index (χ0) is 17.4. The first-order chi connectivity index (χ1) is 11.7. The lowest BCUT2D eigenvalue weighted by Gasteiger charge is -2.09. The van der Waals surface area contributed by atoms with E-state index in [4.69, 9.17) is 4.74 Å². The fourth-order valence-corrected chi connectivity index (χ4v) is 2.48. The van der Waals surface area contributed by atoms with Crippen molar-refractivity contribution in [2.24, 2.45) is 0 Å². The highest BCUT2D eigenvalue weighted by atomic mass is 32.2. The molecule has 0 atom stereocenters. The molecule has 0 aliphatic carbocycles. The normalized spacial score (nSPS) is 11.0. The standard InChI is InChI=1S/C15H24N6O2S/c1-4-6-17-13-11-9-18-21(14(11)20-15(19-13)24-3)8-7-16-12(22)10-23-5-2/h9H,4-8,10H2,1-3H3,(H,16,22)(H,17,19,20). The fraction of sp³-hybridized carbons (Fsp3) is 0.600. The summed E-state index contributed by atoms with van der Waals surface area (Å²) in [5.41, 5.74) is 0.770. The molecule has 0 saturated carbocycles. The SMILES string of the molecule is CCCNc1nc(SC)nc2c1cnn2CCNC(=O)COCC. The maximum Gasteiger partial charge on any atom is 0.246 e. The summed E-state index contributed by atoms with van der Waals surface area (Å²) < 4.78 is 6.86. The second-order valence-electron chi connectivity index (χ2n) is 5.08. The summed E-state index contributed by atoms with van der Waals surface area (Å²) in [5, 5.41) is 12.1. The van der Waals surface area contributed by atoms with Crippen LogP contribution in [0.3, 0.4) is 0 Å². The Labute approximate surface area is 145 Å². The summed E-state index contributed by atoms with van der Waals surface area (Å²) in [6.45, 7) is 6.43. The molecule has 2 aromatic heterocycles. The highest BCUT2D eigenvalue weighted by Crippen LogP contribution is 2.23. The van der Waals surface area contributed by atoms with Gasteiger partial charge in [-0.2, -0.15) is 5.10 Å². The van der Waals surface area contributed by atoms with Gasteiger partial charge in [0.25, 0.3) is 0 Å². The van der Waals surface area contributed by atoms with Crippen LogP contribution in [-0.2, 0) is 16.1 Å². The van der Waals surface area contributed by atoms with Gasteiger partial charge in [0.05, 0.1) is 18.1 Å². The summed E-state index contributed by atoms with van der Waals surface area (Å²) in [6, 6.07) is 0. The van der Waals surface area contributed by atoms with E-state index < -0.39 is 0 Å². The Hall–Kier alpha value is -1.87. The number of carbonyl (C=O) groups excluding carboxylic acids is 1. The van der Waals surface area contributed by atoms with E-state index in [1.165, 1.54) is 11.8 Å².